The molecule has 0 heterocycles. The van der Waals surface area contributed by atoms with Crippen molar-refractivity contribution in [2.24, 2.45) is 11.3 Å². The minimum absolute atomic E-state index is 0.216. The van der Waals surface area contributed by atoms with Crippen molar-refractivity contribution < 1.29 is 8.78 Å². The van der Waals surface area contributed by atoms with Crippen molar-refractivity contribution in [2.75, 3.05) is 6.54 Å². The average Bonchev–Trinajstić information content (AvgIpc) is 2.74. The second-order valence-electron chi connectivity index (χ2n) is 6.57. The summed E-state index contributed by atoms with van der Waals surface area (Å²) in [6, 6.07) is 4.69. The van der Waals surface area contributed by atoms with E-state index in [1.807, 2.05) is 0 Å². The molecule has 0 saturated heterocycles. The molecule has 1 aliphatic carbocycles. The molecule has 0 radical (unpaired) electrons. The molecule has 2 atom stereocenters. The van der Waals surface area contributed by atoms with Crippen molar-refractivity contribution in [3.05, 3.63) is 35.4 Å². The molecule has 1 fully saturated rings. The van der Waals surface area contributed by atoms with Crippen molar-refractivity contribution in [3.63, 3.8) is 0 Å². The standard InChI is InChI=1S/C17H25F2N/c1-4-20-15(13-8-6-10-17(13,2)3)11-12-7-5-9-14(18)16(12)19/h5,7,9,13,15,20H,4,6,8,10-11H2,1-3H3. The van der Waals surface area contributed by atoms with Crippen molar-refractivity contribution in [3.8, 4) is 0 Å². The van der Waals surface area contributed by atoms with E-state index >= 15 is 0 Å². The van der Waals surface area contributed by atoms with Crippen LogP contribution in [0.4, 0.5) is 8.78 Å². The predicted octanol–water partition coefficient (Wildman–Crippen LogP) is 4.31. The first-order valence-corrected chi connectivity index (χ1v) is 7.62. The molecule has 1 N–H and O–H groups in total. The Morgan fingerprint density at radius 1 is 1.35 bits per heavy atom. The van der Waals surface area contributed by atoms with Crippen LogP contribution in [0.1, 0.15) is 45.6 Å². The van der Waals surface area contributed by atoms with Crippen LogP contribution in [0.5, 0.6) is 0 Å². The van der Waals surface area contributed by atoms with E-state index in [0.29, 0.717) is 17.9 Å². The van der Waals surface area contributed by atoms with Crippen LogP contribution in [0.15, 0.2) is 18.2 Å². The van der Waals surface area contributed by atoms with Crippen LogP contribution < -0.4 is 5.32 Å². The maximum atomic E-state index is 13.9. The highest BCUT2D eigenvalue weighted by Gasteiger charge is 2.39. The second-order valence-corrected chi connectivity index (χ2v) is 6.57. The number of likely N-dealkylation sites (N-methyl/N-ethyl adjacent to an activating group) is 1. The summed E-state index contributed by atoms with van der Waals surface area (Å²) in [6.45, 7) is 7.50. The summed E-state index contributed by atoms with van der Waals surface area (Å²) in [7, 11) is 0. The molecule has 1 aliphatic rings. The fraction of sp³-hybridized carbons (Fsp3) is 0.647. The number of hydrogen-bond acceptors (Lipinski definition) is 1. The van der Waals surface area contributed by atoms with Gasteiger partial charge in [0.05, 0.1) is 0 Å². The number of hydrogen-bond donors (Lipinski definition) is 1. The van der Waals surface area contributed by atoms with Crippen LogP contribution in [-0.4, -0.2) is 12.6 Å². The quantitative estimate of drug-likeness (QED) is 0.848. The third-order valence-electron chi connectivity index (χ3n) is 4.76. The van der Waals surface area contributed by atoms with Gasteiger partial charge in [-0.25, -0.2) is 8.78 Å². The average molecular weight is 281 g/mol. The molecule has 0 aliphatic heterocycles. The lowest BCUT2D eigenvalue weighted by molar-refractivity contribution is 0.196. The molecular formula is C17H25F2N. The number of rotatable bonds is 5. The first-order valence-electron chi connectivity index (χ1n) is 7.62. The monoisotopic (exact) mass is 281 g/mol. The first-order chi connectivity index (χ1) is 9.45. The minimum atomic E-state index is -0.747. The Kier molecular flexibility index (Phi) is 4.79. The number of benzene rings is 1. The van der Waals surface area contributed by atoms with Crippen molar-refractivity contribution in [1.82, 2.24) is 5.32 Å². The molecule has 0 aromatic heterocycles. The summed E-state index contributed by atoms with van der Waals surface area (Å²) in [6.07, 6.45) is 4.17. The summed E-state index contributed by atoms with van der Waals surface area (Å²) in [4.78, 5) is 0. The van der Waals surface area contributed by atoms with Crippen molar-refractivity contribution in [1.29, 1.82) is 0 Å². The van der Waals surface area contributed by atoms with Gasteiger partial charge in [0, 0.05) is 6.04 Å². The molecule has 0 spiro atoms. The zero-order valence-corrected chi connectivity index (χ0v) is 12.7. The van der Waals surface area contributed by atoms with E-state index < -0.39 is 11.6 Å². The van der Waals surface area contributed by atoms with E-state index in [9.17, 15) is 8.78 Å². The van der Waals surface area contributed by atoms with Crippen LogP contribution in [0.3, 0.4) is 0 Å². The largest absolute Gasteiger partial charge is 0.314 e. The van der Waals surface area contributed by atoms with Crippen LogP contribution in [0.25, 0.3) is 0 Å². The van der Waals surface area contributed by atoms with Gasteiger partial charge >= 0.3 is 0 Å². The van der Waals surface area contributed by atoms with Crippen molar-refractivity contribution in [2.45, 2.75) is 52.5 Å². The Bertz CT molecular complexity index is 456. The number of halogens is 2. The summed E-state index contributed by atoms with van der Waals surface area (Å²) in [5.74, 6) is -0.917. The van der Waals surface area contributed by atoms with E-state index in [1.165, 1.54) is 25.3 Å². The summed E-state index contributed by atoms with van der Waals surface area (Å²) < 4.78 is 27.2. The van der Waals surface area contributed by atoms with Crippen LogP contribution in [0, 0.1) is 23.0 Å². The summed E-state index contributed by atoms with van der Waals surface area (Å²) in [5.41, 5.74) is 0.759. The Labute approximate surface area is 120 Å². The van der Waals surface area contributed by atoms with Crippen molar-refractivity contribution >= 4 is 0 Å². The molecule has 112 valence electrons. The van der Waals surface area contributed by atoms with Gasteiger partial charge in [-0.1, -0.05) is 39.3 Å². The lowest BCUT2D eigenvalue weighted by atomic mass is 9.76. The zero-order valence-electron chi connectivity index (χ0n) is 12.7. The van der Waals surface area contributed by atoms with Gasteiger partial charge in [-0.2, -0.15) is 0 Å². The fourth-order valence-corrected chi connectivity index (χ4v) is 3.66. The highest BCUT2D eigenvalue weighted by atomic mass is 19.2. The maximum Gasteiger partial charge on any atom is 0.162 e. The number of nitrogens with one attached hydrogen (secondary N) is 1. The Morgan fingerprint density at radius 3 is 2.70 bits per heavy atom. The normalized spacial score (nSPS) is 22.9. The van der Waals surface area contributed by atoms with Gasteiger partial charge in [0.15, 0.2) is 11.6 Å². The third-order valence-corrected chi connectivity index (χ3v) is 4.76. The van der Waals surface area contributed by atoms with Crippen LogP contribution >= 0.6 is 0 Å². The molecule has 2 rings (SSSR count). The Balaban J connectivity index is 2.19. The molecular weight excluding hydrogens is 256 g/mol. The highest BCUT2D eigenvalue weighted by Crippen LogP contribution is 2.45. The molecule has 1 aromatic rings. The highest BCUT2D eigenvalue weighted by molar-refractivity contribution is 5.20. The molecule has 1 aromatic carbocycles. The Hall–Kier alpha value is -0.960. The van der Waals surface area contributed by atoms with Gasteiger partial charge in [-0.3, -0.25) is 0 Å². The maximum absolute atomic E-state index is 13.9. The molecule has 0 amide bonds. The van der Waals surface area contributed by atoms with Gasteiger partial charge in [0.25, 0.3) is 0 Å². The van der Waals surface area contributed by atoms with Gasteiger partial charge in [-0.05, 0) is 48.8 Å². The second kappa shape index (κ2) is 6.21. The molecule has 1 saturated carbocycles. The topological polar surface area (TPSA) is 12.0 Å². The molecule has 0 bridgehead atoms. The smallest absolute Gasteiger partial charge is 0.162 e. The first kappa shape index (κ1) is 15.4. The van der Waals surface area contributed by atoms with E-state index in [4.69, 9.17) is 0 Å². The lowest BCUT2D eigenvalue weighted by Gasteiger charge is -2.35. The Morgan fingerprint density at radius 2 is 2.10 bits per heavy atom. The summed E-state index contributed by atoms with van der Waals surface area (Å²) >= 11 is 0. The molecule has 3 heteroatoms. The van der Waals surface area contributed by atoms with E-state index in [2.05, 4.69) is 26.1 Å². The summed E-state index contributed by atoms with van der Waals surface area (Å²) in [5, 5.41) is 3.49. The third kappa shape index (κ3) is 3.20. The van der Waals surface area contributed by atoms with E-state index in [-0.39, 0.29) is 11.5 Å². The van der Waals surface area contributed by atoms with Gasteiger partial charge in [0.2, 0.25) is 0 Å². The van der Waals surface area contributed by atoms with Gasteiger partial charge in [-0.15, -0.1) is 0 Å². The SMILES string of the molecule is CCNC(Cc1cccc(F)c1F)C1CCCC1(C)C. The molecule has 1 nitrogen and oxygen atoms in total. The lowest BCUT2D eigenvalue weighted by Crippen LogP contribution is -2.42. The van der Waals surface area contributed by atoms with Crippen LogP contribution in [0.2, 0.25) is 0 Å². The zero-order chi connectivity index (χ0) is 14.8. The van der Waals surface area contributed by atoms with Gasteiger partial charge in [0.1, 0.15) is 0 Å². The fourth-order valence-electron chi connectivity index (χ4n) is 3.66. The van der Waals surface area contributed by atoms with Gasteiger partial charge < -0.3 is 5.32 Å². The van der Waals surface area contributed by atoms with E-state index in [0.717, 1.165) is 6.54 Å². The molecule has 2 unspecified atom stereocenters. The van der Waals surface area contributed by atoms with E-state index in [1.54, 1.807) is 12.1 Å². The predicted molar refractivity (Wildman–Crippen MR) is 78.6 cm³/mol. The molecule has 20 heavy (non-hydrogen) atoms. The minimum Gasteiger partial charge on any atom is -0.314 e. The van der Waals surface area contributed by atoms with Crippen LogP contribution in [-0.2, 0) is 6.42 Å².